The van der Waals surface area contributed by atoms with E-state index >= 15 is 0 Å². The van der Waals surface area contributed by atoms with E-state index in [0.717, 1.165) is 6.92 Å². The quantitative estimate of drug-likeness (QED) is 0.304. The fraction of sp³-hybridized carbons (Fsp3) is 0.667. The third kappa shape index (κ3) is 11.8. The molecule has 9 heavy (non-hydrogen) atoms. The minimum absolute atomic E-state index is 0. The van der Waals surface area contributed by atoms with Gasteiger partial charge in [-0.3, -0.25) is 4.79 Å². The molecule has 0 aromatic carbocycles. The third-order valence-corrected chi connectivity index (χ3v) is 0.713. The molecule has 0 aromatic rings. The Morgan fingerprint density at radius 1 is 1.56 bits per heavy atom. The third-order valence-electron chi connectivity index (χ3n) is 0.373. The normalized spacial score (nSPS) is 8.22. The summed E-state index contributed by atoms with van der Waals surface area (Å²) in [6.07, 6.45) is 0. The molecule has 0 aliphatic rings. The zero-order valence-electron chi connectivity index (χ0n) is 4.29. The zero-order chi connectivity index (χ0) is 6.57. The van der Waals surface area contributed by atoms with Crippen LogP contribution in [0.15, 0.2) is 0 Å². The van der Waals surface area contributed by atoms with Crippen LogP contribution in [0.5, 0.6) is 0 Å². The summed E-state index contributed by atoms with van der Waals surface area (Å²) in [4.78, 5) is 9.86. The molecule has 0 bridgehead atoms. The first-order chi connectivity index (χ1) is 3.63. The van der Waals surface area contributed by atoms with Crippen LogP contribution in [-0.2, 0) is 20.2 Å². The summed E-state index contributed by atoms with van der Waals surface area (Å²) in [6.45, 7) is 1.15. The molecule has 0 saturated heterocycles. The van der Waals surface area contributed by atoms with E-state index in [9.17, 15) is 13.2 Å². The topological polar surface area (TPSA) is 60.4 Å². The van der Waals surface area contributed by atoms with Crippen molar-refractivity contribution in [3.8, 4) is 0 Å². The standard InChI is InChI=1S/C3H6O4S.Na.H/c1-3(4)7-2-8(5)6;;/h8H,2H2,1H3;;. The van der Waals surface area contributed by atoms with Gasteiger partial charge in [-0.2, -0.15) is 0 Å². The van der Waals surface area contributed by atoms with Crippen LogP contribution in [0.4, 0.5) is 0 Å². The van der Waals surface area contributed by atoms with Gasteiger partial charge in [-0.25, -0.2) is 8.42 Å². The van der Waals surface area contributed by atoms with Crippen molar-refractivity contribution in [3.05, 3.63) is 0 Å². The molecule has 0 aliphatic carbocycles. The molecule has 0 atom stereocenters. The molecule has 4 nitrogen and oxygen atoms in total. The number of thiol groups is 1. The van der Waals surface area contributed by atoms with Crippen molar-refractivity contribution in [3.63, 3.8) is 0 Å². The molecule has 50 valence electrons. The predicted molar refractivity (Wildman–Crippen MR) is 34.1 cm³/mol. The van der Waals surface area contributed by atoms with Crippen LogP contribution < -0.4 is 0 Å². The van der Waals surface area contributed by atoms with E-state index in [-0.39, 0.29) is 29.6 Å². The van der Waals surface area contributed by atoms with Gasteiger partial charge in [0.05, 0.1) is 0 Å². The van der Waals surface area contributed by atoms with E-state index in [1.54, 1.807) is 0 Å². The van der Waals surface area contributed by atoms with Gasteiger partial charge in [0.15, 0.2) is 16.6 Å². The van der Waals surface area contributed by atoms with Crippen molar-refractivity contribution in [2.24, 2.45) is 0 Å². The summed E-state index contributed by atoms with van der Waals surface area (Å²) in [5.74, 6) is -1.09. The van der Waals surface area contributed by atoms with Crippen LogP contribution in [0, 0.1) is 0 Å². The van der Waals surface area contributed by atoms with Gasteiger partial charge in [-0.15, -0.1) is 0 Å². The Kier molecular flexibility index (Phi) is 8.81. The summed E-state index contributed by atoms with van der Waals surface area (Å²) < 4.78 is 23.4. The number of ether oxygens (including phenoxy) is 1. The van der Waals surface area contributed by atoms with Crippen LogP contribution in [0.3, 0.4) is 0 Å². The van der Waals surface area contributed by atoms with E-state index in [1.807, 2.05) is 0 Å². The Hall–Kier alpha value is 0.420. The number of esters is 1. The Morgan fingerprint density at radius 3 is 2.11 bits per heavy atom. The van der Waals surface area contributed by atoms with Crippen LogP contribution in [0.1, 0.15) is 6.92 Å². The van der Waals surface area contributed by atoms with Crippen molar-refractivity contribution in [1.82, 2.24) is 0 Å². The average molecular weight is 162 g/mol. The molecule has 6 heteroatoms. The van der Waals surface area contributed by atoms with Gasteiger partial charge in [-0.1, -0.05) is 0 Å². The first-order valence-electron chi connectivity index (χ1n) is 1.88. The second kappa shape index (κ2) is 6.54. The van der Waals surface area contributed by atoms with E-state index in [0.29, 0.717) is 0 Å². The molecule has 0 fully saturated rings. The van der Waals surface area contributed by atoms with Crippen molar-refractivity contribution in [2.45, 2.75) is 6.92 Å². The Balaban J connectivity index is 0. The molecular weight excluding hydrogens is 155 g/mol. The molecule has 0 unspecified atom stereocenters. The molecule has 0 heterocycles. The molecule has 0 amide bonds. The average Bonchev–Trinajstić information content (AvgIpc) is 1.61. The number of rotatable bonds is 2. The van der Waals surface area contributed by atoms with Crippen LogP contribution >= 0.6 is 0 Å². The van der Waals surface area contributed by atoms with Crippen LogP contribution in [0.25, 0.3) is 0 Å². The molecule has 0 saturated carbocycles. The van der Waals surface area contributed by atoms with Gasteiger partial charge >= 0.3 is 35.5 Å². The Labute approximate surface area is 76.8 Å². The summed E-state index contributed by atoms with van der Waals surface area (Å²) in [7, 11) is -2.58. The van der Waals surface area contributed by atoms with E-state index < -0.39 is 22.6 Å². The minimum atomic E-state index is -2.58. The molecule has 0 radical (unpaired) electrons. The Bertz CT molecular complexity index is 144. The number of hydrogen-bond donors (Lipinski definition) is 1. The molecule has 0 N–H and O–H groups in total. The zero-order valence-corrected chi connectivity index (χ0v) is 5.18. The number of carbonyl (C=O) groups excluding carboxylic acids is 1. The summed E-state index contributed by atoms with van der Waals surface area (Å²) in [6, 6.07) is 0. The van der Waals surface area contributed by atoms with Crippen LogP contribution in [-0.4, -0.2) is 49.9 Å². The van der Waals surface area contributed by atoms with Gasteiger partial charge in [0.2, 0.25) is 0 Å². The van der Waals surface area contributed by atoms with Gasteiger partial charge in [0.1, 0.15) is 0 Å². The first-order valence-corrected chi connectivity index (χ1v) is 3.24. The first kappa shape index (κ1) is 12.1. The second-order valence-corrected chi connectivity index (χ2v) is 2.02. The maximum absolute atomic E-state index is 9.86. The van der Waals surface area contributed by atoms with Gasteiger partial charge in [0.25, 0.3) is 0 Å². The fourth-order valence-corrected chi connectivity index (χ4v) is 0.431. The van der Waals surface area contributed by atoms with Crippen molar-refractivity contribution >= 4 is 46.2 Å². The Morgan fingerprint density at radius 2 is 2.00 bits per heavy atom. The van der Waals surface area contributed by atoms with E-state index in [1.165, 1.54) is 0 Å². The van der Waals surface area contributed by atoms with Crippen LogP contribution in [0.2, 0.25) is 0 Å². The maximum atomic E-state index is 9.86. The molecule has 0 aliphatic heterocycles. The summed E-state index contributed by atoms with van der Waals surface area (Å²) in [5, 5.41) is 0. The molecule has 0 rings (SSSR count). The van der Waals surface area contributed by atoms with Gasteiger partial charge in [-0.05, 0) is 0 Å². The summed E-state index contributed by atoms with van der Waals surface area (Å²) in [5.41, 5.74) is 0. The molecule has 0 aromatic heterocycles. The number of hydrogen-bond acceptors (Lipinski definition) is 4. The predicted octanol–water partition coefficient (Wildman–Crippen LogP) is -1.53. The summed E-state index contributed by atoms with van der Waals surface area (Å²) >= 11 is 0. The number of carbonyl (C=O) groups is 1. The van der Waals surface area contributed by atoms with Crippen molar-refractivity contribution in [2.75, 3.05) is 5.94 Å². The van der Waals surface area contributed by atoms with Gasteiger partial charge in [0, 0.05) is 6.92 Å². The fourth-order valence-electron chi connectivity index (χ4n) is 0.144. The van der Waals surface area contributed by atoms with E-state index in [4.69, 9.17) is 0 Å². The van der Waals surface area contributed by atoms with Crippen molar-refractivity contribution in [1.29, 1.82) is 0 Å². The van der Waals surface area contributed by atoms with Crippen molar-refractivity contribution < 1.29 is 17.9 Å². The molecule has 0 spiro atoms. The second-order valence-electron chi connectivity index (χ2n) is 1.10. The molecular formula is C3H7NaO4S. The van der Waals surface area contributed by atoms with E-state index in [2.05, 4.69) is 4.74 Å². The monoisotopic (exact) mass is 162 g/mol. The SMILES string of the molecule is CC(=O)OC[SH](=O)=O.[NaH]. The van der Waals surface area contributed by atoms with Gasteiger partial charge < -0.3 is 4.74 Å².